The summed E-state index contributed by atoms with van der Waals surface area (Å²) in [6.45, 7) is 3.80. The highest BCUT2D eigenvalue weighted by Gasteiger charge is 2.15. The topological polar surface area (TPSA) is 46.9 Å². The van der Waals surface area contributed by atoms with Gasteiger partial charge in [-0.15, -0.1) is 0 Å². The van der Waals surface area contributed by atoms with Gasteiger partial charge in [-0.2, -0.15) is 0 Å². The number of aromatic nitrogens is 2. The molecule has 1 atom stereocenters. The van der Waals surface area contributed by atoms with Gasteiger partial charge >= 0.3 is 0 Å². The summed E-state index contributed by atoms with van der Waals surface area (Å²) in [5.41, 5.74) is 1.96. The number of carbonyl (C=O) groups is 1. The molecule has 2 aromatic carbocycles. The maximum absolute atomic E-state index is 13.9. The summed E-state index contributed by atoms with van der Waals surface area (Å²) in [6.07, 6.45) is 3.64. The Labute approximate surface area is 153 Å². The molecule has 0 aliphatic heterocycles. The van der Waals surface area contributed by atoms with Crippen molar-refractivity contribution in [3.63, 3.8) is 0 Å². The molecule has 0 saturated heterocycles. The van der Waals surface area contributed by atoms with E-state index in [0.717, 1.165) is 17.1 Å². The van der Waals surface area contributed by atoms with Gasteiger partial charge in [0.15, 0.2) is 0 Å². The lowest BCUT2D eigenvalue weighted by Gasteiger charge is -2.15. The number of hydrogen-bond donors (Lipinski definition) is 1. The van der Waals surface area contributed by atoms with Gasteiger partial charge in [-0.1, -0.05) is 28.1 Å². The second-order valence-electron chi connectivity index (χ2n) is 5.76. The number of benzene rings is 2. The summed E-state index contributed by atoms with van der Waals surface area (Å²) in [7, 11) is 0. The molecule has 25 heavy (non-hydrogen) atoms. The minimum atomic E-state index is -0.551. The monoisotopic (exact) mass is 401 g/mol. The average molecular weight is 402 g/mol. The van der Waals surface area contributed by atoms with Crippen LogP contribution in [-0.4, -0.2) is 15.5 Å². The number of carbonyl (C=O) groups excluding carboxylic acids is 1. The van der Waals surface area contributed by atoms with Crippen molar-refractivity contribution in [2.45, 2.75) is 19.9 Å². The molecule has 0 bridgehead atoms. The lowest BCUT2D eigenvalue weighted by Crippen LogP contribution is -2.27. The van der Waals surface area contributed by atoms with Gasteiger partial charge in [0.2, 0.25) is 0 Å². The standard InChI is InChI=1S/C19H17BrFN3O/c1-12(23-19(25)17-8-5-15(20)11-18(17)21)14-3-6-16(7-4-14)24-10-9-22-13(24)2/h3-12H,1-2H3,(H,23,25)/t12-/m1/s1. The zero-order chi connectivity index (χ0) is 18.0. The molecule has 0 radical (unpaired) electrons. The molecule has 1 heterocycles. The molecule has 3 rings (SSSR count). The van der Waals surface area contributed by atoms with Crippen molar-refractivity contribution in [3.05, 3.63) is 82.1 Å². The molecule has 0 saturated carbocycles. The summed E-state index contributed by atoms with van der Waals surface area (Å²) < 4.78 is 16.5. The maximum atomic E-state index is 13.9. The highest BCUT2D eigenvalue weighted by atomic mass is 79.9. The van der Waals surface area contributed by atoms with Gasteiger partial charge < -0.3 is 9.88 Å². The van der Waals surface area contributed by atoms with Gasteiger partial charge in [0, 0.05) is 22.6 Å². The van der Waals surface area contributed by atoms with Gasteiger partial charge in [-0.25, -0.2) is 9.37 Å². The Balaban J connectivity index is 1.74. The van der Waals surface area contributed by atoms with E-state index < -0.39 is 11.7 Å². The zero-order valence-electron chi connectivity index (χ0n) is 13.8. The first-order valence-electron chi connectivity index (χ1n) is 7.82. The van der Waals surface area contributed by atoms with E-state index in [1.807, 2.05) is 48.9 Å². The third-order valence-corrected chi connectivity index (χ3v) is 4.51. The molecule has 0 fully saturated rings. The summed E-state index contributed by atoms with van der Waals surface area (Å²) in [5, 5.41) is 2.82. The molecule has 6 heteroatoms. The average Bonchev–Trinajstić information content (AvgIpc) is 3.00. The van der Waals surface area contributed by atoms with Crippen LogP contribution in [0.5, 0.6) is 0 Å². The second-order valence-corrected chi connectivity index (χ2v) is 6.67. The van der Waals surface area contributed by atoms with Gasteiger partial charge in [0.1, 0.15) is 11.6 Å². The van der Waals surface area contributed by atoms with E-state index in [1.165, 1.54) is 12.1 Å². The molecule has 3 aromatic rings. The fourth-order valence-corrected chi connectivity index (χ4v) is 2.94. The number of nitrogens with zero attached hydrogens (tertiary/aromatic N) is 2. The quantitative estimate of drug-likeness (QED) is 0.695. The highest BCUT2D eigenvalue weighted by molar-refractivity contribution is 9.10. The van der Waals surface area contributed by atoms with Gasteiger partial charge in [0.05, 0.1) is 11.6 Å². The Morgan fingerprint density at radius 3 is 2.56 bits per heavy atom. The number of hydrogen-bond acceptors (Lipinski definition) is 2. The van der Waals surface area contributed by atoms with Crippen molar-refractivity contribution < 1.29 is 9.18 Å². The molecule has 0 aliphatic carbocycles. The number of rotatable bonds is 4. The van der Waals surface area contributed by atoms with Crippen LogP contribution in [0, 0.1) is 12.7 Å². The van der Waals surface area contributed by atoms with Gasteiger partial charge in [-0.05, 0) is 49.7 Å². The minimum absolute atomic E-state index is 0.0284. The number of halogens is 2. The van der Waals surface area contributed by atoms with Crippen LogP contribution < -0.4 is 5.32 Å². The van der Waals surface area contributed by atoms with Crippen molar-refractivity contribution in [2.75, 3.05) is 0 Å². The molecule has 1 aromatic heterocycles. The van der Waals surface area contributed by atoms with E-state index in [-0.39, 0.29) is 11.6 Å². The van der Waals surface area contributed by atoms with Crippen molar-refractivity contribution in [1.29, 1.82) is 0 Å². The van der Waals surface area contributed by atoms with E-state index in [9.17, 15) is 9.18 Å². The van der Waals surface area contributed by atoms with Crippen LogP contribution in [0.2, 0.25) is 0 Å². The summed E-state index contributed by atoms with van der Waals surface area (Å²) in [4.78, 5) is 16.5. The maximum Gasteiger partial charge on any atom is 0.254 e. The zero-order valence-corrected chi connectivity index (χ0v) is 15.4. The smallest absolute Gasteiger partial charge is 0.254 e. The Kier molecular flexibility index (Phi) is 4.99. The molecule has 0 aliphatic rings. The van der Waals surface area contributed by atoms with E-state index in [1.54, 1.807) is 12.3 Å². The number of aryl methyl sites for hydroxylation is 1. The molecule has 0 spiro atoms. The van der Waals surface area contributed by atoms with Crippen molar-refractivity contribution in [3.8, 4) is 5.69 Å². The predicted molar refractivity (Wildman–Crippen MR) is 98.3 cm³/mol. The third kappa shape index (κ3) is 3.79. The van der Waals surface area contributed by atoms with Crippen LogP contribution >= 0.6 is 15.9 Å². The normalized spacial score (nSPS) is 12.0. The van der Waals surface area contributed by atoms with E-state index in [2.05, 4.69) is 26.2 Å². The highest BCUT2D eigenvalue weighted by Crippen LogP contribution is 2.19. The third-order valence-electron chi connectivity index (χ3n) is 4.02. The molecule has 0 unspecified atom stereocenters. The minimum Gasteiger partial charge on any atom is -0.345 e. The summed E-state index contributed by atoms with van der Waals surface area (Å²) in [5.74, 6) is -0.0862. The molecule has 4 nitrogen and oxygen atoms in total. The Hall–Kier alpha value is -2.47. The molecular formula is C19H17BrFN3O. The lowest BCUT2D eigenvalue weighted by atomic mass is 10.1. The van der Waals surface area contributed by atoms with E-state index in [4.69, 9.17) is 0 Å². The second kappa shape index (κ2) is 7.19. The lowest BCUT2D eigenvalue weighted by molar-refractivity contribution is 0.0936. The van der Waals surface area contributed by atoms with E-state index >= 15 is 0 Å². The first-order valence-corrected chi connectivity index (χ1v) is 8.61. The first-order chi connectivity index (χ1) is 12.0. The van der Waals surface area contributed by atoms with Crippen LogP contribution in [0.25, 0.3) is 5.69 Å². The number of amides is 1. The van der Waals surface area contributed by atoms with Crippen molar-refractivity contribution >= 4 is 21.8 Å². The Morgan fingerprint density at radius 2 is 1.96 bits per heavy atom. The summed E-state index contributed by atoms with van der Waals surface area (Å²) in [6, 6.07) is 12.0. The van der Waals surface area contributed by atoms with Crippen LogP contribution in [0.15, 0.2) is 59.3 Å². The largest absolute Gasteiger partial charge is 0.345 e. The van der Waals surface area contributed by atoms with Crippen LogP contribution in [0.4, 0.5) is 4.39 Å². The fourth-order valence-electron chi connectivity index (χ4n) is 2.61. The first kappa shape index (κ1) is 17.4. The van der Waals surface area contributed by atoms with Crippen LogP contribution in [0.3, 0.4) is 0 Å². The fraction of sp³-hybridized carbons (Fsp3) is 0.158. The Morgan fingerprint density at radius 1 is 1.24 bits per heavy atom. The van der Waals surface area contributed by atoms with Crippen LogP contribution in [-0.2, 0) is 0 Å². The number of imidazole rings is 1. The van der Waals surface area contributed by atoms with Gasteiger partial charge in [-0.3, -0.25) is 4.79 Å². The molecule has 1 N–H and O–H groups in total. The van der Waals surface area contributed by atoms with Crippen LogP contribution in [0.1, 0.15) is 34.7 Å². The summed E-state index contributed by atoms with van der Waals surface area (Å²) >= 11 is 3.18. The van der Waals surface area contributed by atoms with Crippen molar-refractivity contribution in [2.24, 2.45) is 0 Å². The molecule has 128 valence electrons. The van der Waals surface area contributed by atoms with Gasteiger partial charge in [0.25, 0.3) is 5.91 Å². The number of nitrogens with one attached hydrogen (secondary N) is 1. The SMILES string of the molecule is Cc1nccn1-c1ccc([C@@H](C)NC(=O)c2ccc(Br)cc2F)cc1. The predicted octanol–water partition coefficient (Wildman–Crippen LogP) is 4.57. The van der Waals surface area contributed by atoms with Crippen molar-refractivity contribution in [1.82, 2.24) is 14.9 Å². The molecular weight excluding hydrogens is 385 g/mol. The Bertz CT molecular complexity index is 905. The van der Waals surface area contributed by atoms with E-state index in [0.29, 0.717) is 4.47 Å². The molecule has 1 amide bonds.